The second-order valence-electron chi connectivity index (χ2n) is 5.80. The first-order chi connectivity index (χ1) is 12.9. The van der Waals surface area contributed by atoms with Crippen LogP contribution in [0.4, 0.5) is 18.9 Å². The molecule has 3 rings (SSSR count). The van der Waals surface area contributed by atoms with Gasteiger partial charge >= 0.3 is 6.18 Å². The monoisotopic (exact) mass is 367 g/mol. The van der Waals surface area contributed by atoms with Crippen molar-refractivity contribution in [1.29, 1.82) is 0 Å². The van der Waals surface area contributed by atoms with E-state index in [9.17, 15) is 18.3 Å². The molecule has 136 valence electrons. The number of hydrogen-bond acceptors (Lipinski definition) is 2. The molecule has 5 heteroatoms. The molecule has 0 atom stereocenters. The lowest BCUT2D eigenvalue weighted by Gasteiger charge is -2.09. The van der Waals surface area contributed by atoms with Crippen LogP contribution in [0.15, 0.2) is 96.0 Å². The second kappa shape index (κ2) is 7.91. The van der Waals surface area contributed by atoms with Crippen LogP contribution in [0.25, 0.3) is 5.76 Å². The summed E-state index contributed by atoms with van der Waals surface area (Å²) in [5.74, 6) is -0.0230. The van der Waals surface area contributed by atoms with E-state index in [0.29, 0.717) is 22.5 Å². The molecule has 0 bridgehead atoms. The van der Waals surface area contributed by atoms with Gasteiger partial charge in [0.2, 0.25) is 0 Å². The molecule has 3 aromatic carbocycles. The summed E-state index contributed by atoms with van der Waals surface area (Å²) >= 11 is 0. The first-order valence-electron chi connectivity index (χ1n) is 8.21. The molecule has 0 radical (unpaired) electrons. The summed E-state index contributed by atoms with van der Waals surface area (Å²) in [5, 5.41) is 10.4. The molecule has 0 heterocycles. The van der Waals surface area contributed by atoms with Crippen LogP contribution in [0, 0.1) is 0 Å². The predicted octanol–water partition coefficient (Wildman–Crippen LogP) is 6.43. The van der Waals surface area contributed by atoms with Crippen molar-refractivity contribution in [2.45, 2.75) is 6.18 Å². The smallest absolute Gasteiger partial charge is 0.416 e. The van der Waals surface area contributed by atoms with Crippen molar-refractivity contribution in [2.24, 2.45) is 4.99 Å². The highest BCUT2D eigenvalue weighted by Gasteiger charge is 2.30. The van der Waals surface area contributed by atoms with Crippen molar-refractivity contribution in [1.82, 2.24) is 0 Å². The molecule has 0 aliphatic rings. The van der Waals surface area contributed by atoms with Gasteiger partial charge in [-0.2, -0.15) is 13.2 Å². The summed E-state index contributed by atoms with van der Waals surface area (Å²) in [5.41, 5.74) is 1.31. The van der Waals surface area contributed by atoms with Gasteiger partial charge in [0.15, 0.2) is 0 Å². The maximum atomic E-state index is 12.8. The molecule has 27 heavy (non-hydrogen) atoms. The molecule has 2 nitrogen and oxygen atoms in total. The van der Waals surface area contributed by atoms with E-state index in [0.717, 1.165) is 12.1 Å². The quantitative estimate of drug-likeness (QED) is 0.418. The van der Waals surface area contributed by atoms with E-state index in [-0.39, 0.29) is 5.76 Å². The number of aliphatic hydroxyl groups is 1. The molecule has 0 fully saturated rings. The summed E-state index contributed by atoms with van der Waals surface area (Å²) in [7, 11) is 0. The van der Waals surface area contributed by atoms with Gasteiger partial charge in [0, 0.05) is 17.2 Å². The van der Waals surface area contributed by atoms with Gasteiger partial charge in [0.1, 0.15) is 5.76 Å². The Morgan fingerprint density at radius 2 is 1.30 bits per heavy atom. The maximum Gasteiger partial charge on any atom is 0.416 e. The minimum absolute atomic E-state index is 0.0230. The fourth-order valence-electron chi connectivity index (χ4n) is 2.47. The second-order valence-corrected chi connectivity index (χ2v) is 5.80. The minimum Gasteiger partial charge on any atom is -0.507 e. The molecule has 0 saturated heterocycles. The normalized spacial score (nSPS) is 12.9. The first-order valence-corrected chi connectivity index (χ1v) is 8.21. The van der Waals surface area contributed by atoms with Gasteiger partial charge in [-0.05, 0) is 24.3 Å². The Morgan fingerprint density at radius 3 is 1.85 bits per heavy atom. The molecular formula is C22H16F3NO. The highest BCUT2D eigenvalue weighted by atomic mass is 19.4. The zero-order valence-electron chi connectivity index (χ0n) is 14.2. The molecule has 0 aliphatic carbocycles. The van der Waals surface area contributed by atoms with Gasteiger partial charge < -0.3 is 5.11 Å². The topological polar surface area (TPSA) is 32.6 Å². The summed E-state index contributed by atoms with van der Waals surface area (Å²) in [6.45, 7) is 0. The largest absolute Gasteiger partial charge is 0.507 e. The van der Waals surface area contributed by atoms with Crippen LogP contribution in [0.5, 0.6) is 0 Å². The Hall–Kier alpha value is -3.34. The number of benzene rings is 3. The van der Waals surface area contributed by atoms with Crippen molar-refractivity contribution >= 4 is 17.2 Å². The number of aliphatic hydroxyl groups excluding tert-OH is 1. The number of hydrogen-bond donors (Lipinski definition) is 1. The average molecular weight is 367 g/mol. The molecule has 0 amide bonds. The summed E-state index contributed by atoms with van der Waals surface area (Å²) < 4.78 is 38.5. The summed E-state index contributed by atoms with van der Waals surface area (Å²) in [6.07, 6.45) is -2.96. The van der Waals surface area contributed by atoms with E-state index in [1.807, 2.05) is 24.3 Å². The Balaban J connectivity index is 2.04. The van der Waals surface area contributed by atoms with Crippen LogP contribution < -0.4 is 0 Å². The van der Waals surface area contributed by atoms with Crippen LogP contribution in [0.3, 0.4) is 0 Å². The fourth-order valence-corrected chi connectivity index (χ4v) is 2.47. The Kier molecular flexibility index (Phi) is 5.41. The van der Waals surface area contributed by atoms with Gasteiger partial charge in [0.25, 0.3) is 0 Å². The van der Waals surface area contributed by atoms with Crippen molar-refractivity contribution in [3.8, 4) is 0 Å². The zero-order valence-corrected chi connectivity index (χ0v) is 14.2. The van der Waals surface area contributed by atoms with Crippen LogP contribution in [0.2, 0.25) is 0 Å². The lowest BCUT2D eigenvalue weighted by molar-refractivity contribution is -0.137. The number of aliphatic imine (C=N–C) groups is 1. The van der Waals surface area contributed by atoms with Crippen LogP contribution in [0.1, 0.15) is 16.7 Å². The average Bonchev–Trinajstić information content (AvgIpc) is 2.68. The summed E-state index contributed by atoms with van der Waals surface area (Å²) in [4.78, 5) is 4.49. The number of para-hydroxylation sites is 1. The fraction of sp³-hybridized carbons (Fsp3) is 0.0455. The standard InChI is InChI=1S/C22H16F3NO/c23-22(24,25)18-13-11-16(12-14-18)20(26-19-9-5-2-6-10-19)15-21(27)17-7-3-1-4-8-17/h1-15,27H/b21-15-,26-20-. The third-order valence-electron chi connectivity index (χ3n) is 3.86. The van der Waals surface area contributed by atoms with Gasteiger partial charge in [-0.1, -0.05) is 60.7 Å². The molecule has 0 saturated carbocycles. The molecule has 3 aromatic rings. The van der Waals surface area contributed by atoms with Crippen molar-refractivity contribution in [3.05, 3.63) is 108 Å². The van der Waals surface area contributed by atoms with Gasteiger partial charge in [-0.15, -0.1) is 0 Å². The lowest BCUT2D eigenvalue weighted by Crippen LogP contribution is -2.06. The van der Waals surface area contributed by atoms with Crippen molar-refractivity contribution < 1.29 is 18.3 Å². The third kappa shape index (κ3) is 4.85. The third-order valence-corrected chi connectivity index (χ3v) is 3.86. The SMILES string of the molecule is O/C(=C\C(=N\c1ccccc1)c1ccc(C(F)(F)F)cc1)c1ccccc1. The zero-order chi connectivity index (χ0) is 19.3. The number of alkyl halides is 3. The van der Waals surface area contributed by atoms with Crippen LogP contribution in [-0.2, 0) is 6.18 Å². The molecule has 0 aliphatic heterocycles. The number of rotatable bonds is 4. The van der Waals surface area contributed by atoms with E-state index in [1.165, 1.54) is 18.2 Å². The van der Waals surface area contributed by atoms with Crippen molar-refractivity contribution in [3.63, 3.8) is 0 Å². The van der Waals surface area contributed by atoms with E-state index < -0.39 is 11.7 Å². The van der Waals surface area contributed by atoms with E-state index in [1.54, 1.807) is 36.4 Å². The molecule has 1 N–H and O–H groups in total. The molecule has 0 unspecified atom stereocenters. The highest BCUT2D eigenvalue weighted by molar-refractivity contribution is 6.12. The highest BCUT2D eigenvalue weighted by Crippen LogP contribution is 2.29. The lowest BCUT2D eigenvalue weighted by atomic mass is 10.0. The van der Waals surface area contributed by atoms with Gasteiger partial charge in [-0.3, -0.25) is 0 Å². The number of nitrogens with zero attached hydrogens (tertiary/aromatic N) is 1. The summed E-state index contributed by atoms with van der Waals surface area (Å²) in [6, 6.07) is 22.6. The van der Waals surface area contributed by atoms with Gasteiger partial charge in [-0.25, -0.2) is 4.99 Å². The van der Waals surface area contributed by atoms with E-state index in [2.05, 4.69) is 4.99 Å². The van der Waals surface area contributed by atoms with Crippen molar-refractivity contribution in [2.75, 3.05) is 0 Å². The van der Waals surface area contributed by atoms with Crippen LogP contribution >= 0.6 is 0 Å². The molecule has 0 aromatic heterocycles. The number of allylic oxidation sites excluding steroid dienone is 1. The first kappa shape index (κ1) is 18.5. The number of halogens is 3. The Morgan fingerprint density at radius 1 is 0.741 bits per heavy atom. The Labute approximate surface area is 155 Å². The van der Waals surface area contributed by atoms with E-state index >= 15 is 0 Å². The minimum atomic E-state index is -4.41. The van der Waals surface area contributed by atoms with E-state index in [4.69, 9.17) is 0 Å². The molecule has 0 spiro atoms. The van der Waals surface area contributed by atoms with Gasteiger partial charge in [0.05, 0.1) is 17.0 Å². The van der Waals surface area contributed by atoms with Crippen LogP contribution in [-0.4, -0.2) is 10.8 Å². The molecular weight excluding hydrogens is 351 g/mol. The Bertz CT molecular complexity index is 944. The predicted molar refractivity (Wildman–Crippen MR) is 101 cm³/mol. The maximum absolute atomic E-state index is 12.8.